The van der Waals surface area contributed by atoms with Crippen LogP contribution < -0.4 is 18.9 Å². The molecule has 0 saturated carbocycles. The van der Waals surface area contributed by atoms with Gasteiger partial charge in [-0.2, -0.15) is 5.26 Å². The summed E-state index contributed by atoms with van der Waals surface area (Å²) in [6.07, 6.45) is -3.11. The van der Waals surface area contributed by atoms with Crippen LogP contribution in [0, 0.1) is 11.3 Å². The van der Waals surface area contributed by atoms with Gasteiger partial charge in [0.25, 0.3) is 0 Å². The molecule has 0 fully saturated rings. The molecule has 0 N–H and O–H groups in total. The van der Waals surface area contributed by atoms with Gasteiger partial charge in [0, 0.05) is 17.5 Å². The van der Waals surface area contributed by atoms with Crippen molar-refractivity contribution in [3.05, 3.63) is 71.8 Å². The number of nitriles is 1. The van der Waals surface area contributed by atoms with Gasteiger partial charge in [0.15, 0.2) is 0 Å². The second-order valence-corrected chi connectivity index (χ2v) is 4.48. The summed E-state index contributed by atoms with van der Waals surface area (Å²) in [5.41, 5.74) is 2.17. The SMILES string of the molecule is N#CC(CC(F)F)N=C(c1ccccc1)c1ccccc1.[H-].[Li+]. The molecule has 0 bridgehead atoms. The summed E-state index contributed by atoms with van der Waals surface area (Å²) in [7, 11) is 0. The molecule has 0 radical (unpaired) electrons. The van der Waals surface area contributed by atoms with E-state index >= 15 is 0 Å². The minimum Gasteiger partial charge on any atom is -1.00 e. The topological polar surface area (TPSA) is 36.1 Å². The molecule has 1 unspecified atom stereocenters. The third kappa shape index (κ3) is 5.11. The first kappa shape index (κ1) is 18.1. The van der Waals surface area contributed by atoms with Gasteiger partial charge in [-0.05, 0) is 0 Å². The van der Waals surface area contributed by atoms with Crippen LogP contribution in [0.5, 0.6) is 0 Å². The molecule has 0 heterocycles. The summed E-state index contributed by atoms with van der Waals surface area (Å²) >= 11 is 0. The number of rotatable bonds is 5. The smallest absolute Gasteiger partial charge is 1.00 e. The molecule has 2 nitrogen and oxygen atoms in total. The largest absolute Gasteiger partial charge is 1.00 e. The van der Waals surface area contributed by atoms with Gasteiger partial charge in [0.1, 0.15) is 6.04 Å². The van der Waals surface area contributed by atoms with Crippen molar-refractivity contribution < 1.29 is 29.1 Å². The fraction of sp³-hybridized carbons (Fsp3) is 0.176. The molecule has 0 aliphatic rings. The second kappa shape index (κ2) is 9.15. The monoisotopic (exact) mass is 292 g/mol. The van der Waals surface area contributed by atoms with Crippen LogP contribution in [0.3, 0.4) is 0 Å². The Balaban J connectivity index is 0.00000242. The Morgan fingerprint density at radius 3 is 1.82 bits per heavy atom. The van der Waals surface area contributed by atoms with Crippen LogP contribution in [0.25, 0.3) is 0 Å². The van der Waals surface area contributed by atoms with Crippen LogP contribution >= 0.6 is 0 Å². The molecular weight excluding hydrogens is 277 g/mol. The Kier molecular flexibility index (Phi) is 7.53. The molecule has 108 valence electrons. The van der Waals surface area contributed by atoms with Gasteiger partial charge in [-0.15, -0.1) is 0 Å². The number of aliphatic imine (C=N–C) groups is 1. The molecule has 0 spiro atoms. The standard InChI is InChI=1S/C17H14F2N2.Li.H/c18-16(19)11-15(12-20)21-17(13-7-3-1-4-8-13)14-9-5-2-6-10-14;;/h1-10,15-16H,11H2;;/q;+1;-1. The molecule has 0 aliphatic heterocycles. The van der Waals surface area contributed by atoms with Crippen LogP contribution in [-0.4, -0.2) is 18.2 Å². The van der Waals surface area contributed by atoms with E-state index in [1.807, 2.05) is 66.7 Å². The quantitative estimate of drug-likeness (QED) is 0.602. The van der Waals surface area contributed by atoms with E-state index in [2.05, 4.69) is 4.99 Å². The second-order valence-electron chi connectivity index (χ2n) is 4.48. The predicted octanol–water partition coefficient (Wildman–Crippen LogP) is 1.19. The number of alkyl halides is 2. The van der Waals surface area contributed by atoms with E-state index in [4.69, 9.17) is 5.26 Å². The Labute approximate surface area is 142 Å². The van der Waals surface area contributed by atoms with Gasteiger partial charge in [0.05, 0.1) is 11.8 Å². The maximum Gasteiger partial charge on any atom is 1.00 e. The maximum atomic E-state index is 12.5. The Morgan fingerprint density at radius 2 is 1.45 bits per heavy atom. The molecule has 2 aromatic rings. The van der Waals surface area contributed by atoms with Crippen molar-refractivity contribution in [2.24, 2.45) is 4.99 Å². The van der Waals surface area contributed by atoms with Crippen molar-refractivity contribution in [3.63, 3.8) is 0 Å². The van der Waals surface area contributed by atoms with Crippen LogP contribution in [0.4, 0.5) is 8.78 Å². The Bertz CT molecular complexity index is 601. The number of hydrogen-bond donors (Lipinski definition) is 0. The van der Waals surface area contributed by atoms with Crippen molar-refractivity contribution in [1.29, 1.82) is 5.26 Å². The van der Waals surface area contributed by atoms with Crippen LogP contribution in [0.1, 0.15) is 19.0 Å². The molecule has 0 saturated heterocycles. The molecule has 22 heavy (non-hydrogen) atoms. The fourth-order valence-electron chi connectivity index (χ4n) is 1.97. The molecule has 0 aliphatic carbocycles. The van der Waals surface area contributed by atoms with Gasteiger partial charge < -0.3 is 1.43 Å². The first-order chi connectivity index (χ1) is 10.2. The van der Waals surface area contributed by atoms with Gasteiger partial charge in [-0.1, -0.05) is 60.7 Å². The van der Waals surface area contributed by atoms with E-state index in [0.717, 1.165) is 11.1 Å². The number of benzene rings is 2. The molecule has 2 rings (SSSR count). The Hall–Kier alpha value is -1.94. The summed E-state index contributed by atoms with van der Waals surface area (Å²) < 4.78 is 25.0. The predicted molar refractivity (Wildman–Crippen MR) is 79.7 cm³/mol. The summed E-state index contributed by atoms with van der Waals surface area (Å²) in [4.78, 5) is 4.25. The van der Waals surface area contributed by atoms with Crippen molar-refractivity contribution in [2.75, 3.05) is 0 Å². The minimum absolute atomic E-state index is 0. The fourth-order valence-corrected chi connectivity index (χ4v) is 1.97. The number of hydrogen-bond acceptors (Lipinski definition) is 2. The molecule has 0 aromatic heterocycles. The normalized spacial score (nSPS) is 11.2. The van der Waals surface area contributed by atoms with E-state index in [0.29, 0.717) is 5.71 Å². The van der Waals surface area contributed by atoms with Crippen molar-refractivity contribution in [1.82, 2.24) is 0 Å². The third-order valence-electron chi connectivity index (χ3n) is 2.93. The van der Waals surface area contributed by atoms with Crippen LogP contribution in [0.15, 0.2) is 65.7 Å². The zero-order valence-corrected chi connectivity index (χ0v) is 12.3. The van der Waals surface area contributed by atoms with Crippen LogP contribution in [-0.2, 0) is 0 Å². The summed E-state index contributed by atoms with van der Waals surface area (Å²) in [5.74, 6) is 0. The van der Waals surface area contributed by atoms with Gasteiger partial charge in [-0.25, -0.2) is 8.78 Å². The maximum absolute atomic E-state index is 12.5. The van der Waals surface area contributed by atoms with Crippen molar-refractivity contribution in [2.45, 2.75) is 18.9 Å². The minimum atomic E-state index is -2.55. The average molecular weight is 292 g/mol. The van der Waals surface area contributed by atoms with E-state index in [1.165, 1.54) is 0 Å². The van der Waals surface area contributed by atoms with Gasteiger partial charge in [-0.3, -0.25) is 4.99 Å². The van der Waals surface area contributed by atoms with E-state index < -0.39 is 18.9 Å². The third-order valence-corrected chi connectivity index (χ3v) is 2.93. The van der Waals surface area contributed by atoms with Gasteiger partial charge in [0.2, 0.25) is 6.43 Å². The Morgan fingerprint density at radius 1 is 1.00 bits per heavy atom. The average Bonchev–Trinajstić information content (AvgIpc) is 2.52. The molecule has 1 atom stereocenters. The molecular formula is C17H15F2LiN2. The summed E-state index contributed by atoms with van der Waals surface area (Å²) in [5, 5.41) is 9.03. The van der Waals surface area contributed by atoms with E-state index in [-0.39, 0.29) is 20.3 Å². The first-order valence-electron chi connectivity index (χ1n) is 6.57. The summed E-state index contributed by atoms with van der Waals surface area (Å²) in [6.45, 7) is 0. The number of nitrogens with zero attached hydrogens (tertiary/aromatic N) is 2. The van der Waals surface area contributed by atoms with Crippen molar-refractivity contribution in [3.8, 4) is 6.07 Å². The molecule has 5 heteroatoms. The van der Waals surface area contributed by atoms with Crippen LogP contribution in [0.2, 0.25) is 0 Å². The van der Waals surface area contributed by atoms with Gasteiger partial charge >= 0.3 is 18.9 Å². The summed E-state index contributed by atoms with van der Waals surface area (Å²) in [6, 6.07) is 19.3. The van der Waals surface area contributed by atoms with Crippen molar-refractivity contribution >= 4 is 5.71 Å². The zero-order valence-electron chi connectivity index (χ0n) is 13.3. The number of halogens is 2. The first-order valence-corrected chi connectivity index (χ1v) is 6.57. The molecule has 0 amide bonds. The molecule has 2 aromatic carbocycles. The van der Waals surface area contributed by atoms with E-state index in [1.54, 1.807) is 0 Å². The van der Waals surface area contributed by atoms with E-state index in [9.17, 15) is 8.78 Å². The zero-order chi connectivity index (χ0) is 15.1.